The van der Waals surface area contributed by atoms with Gasteiger partial charge in [0, 0.05) is 5.02 Å². The van der Waals surface area contributed by atoms with E-state index in [-0.39, 0.29) is 12.1 Å². The summed E-state index contributed by atoms with van der Waals surface area (Å²) in [5, 5.41) is 0.959. The second kappa shape index (κ2) is 8.13. The quantitative estimate of drug-likeness (QED) is 0.240. The minimum absolute atomic E-state index is 0.0455. The summed E-state index contributed by atoms with van der Waals surface area (Å²) in [6, 6.07) is 19.2. The van der Waals surface area contributed by atoms with Crippen LogP contribution in [0.2, 0.25) is 5.02 Å². The molecule has 33 heavy (non-hydrogen) atoms. The first kappa shape index (κ1) is 21.9. The van der Waals surface area contributed by atoms with E-state index in [0.717, 1.165) is 22.6 Å². The van der Waals surface area contributed by atoms with Crippen molar-refractivity contribution in [2.75, 3.05) is 0 Å². The molecule has 5 rings (SSSR count). The molecule has 0 saturated carbocycles. The van der Waals surface area contributed by atoms with Crippen molar-refractivity contribution in [2.45, 2.75) is 12.7 Å². The molecule has 0 radical (unpaired) electrons. The summed E-state index contributed by atoms with van der Waals surface area (Å²) >= 11 is 13.2. The average molecular weight is 503 g/mol. The Bertz CT molecular complexity index is 1650. The van der Waals surface area contributed by atoms with Crippen LogP contribution in [0.25, 0.3) is 27.0 Å². The highest BCUT2D eigenvalue weighted by Gasteiger charge is 2.30. The van der Waals surface area contributed by atoms with Crippen molar-refractivity contribution in [2.24, 2.45) is 0 Å². The Balaban J connectivity index is 1.85. The molecule has 0 amide bonds. The van der Waals surface area contributed by atoms with Crippen LogP contribution in [0.15, 0.2) is 77.6 Å². The highest BCUT2D eigenvalue weighted by molar-refractivity contribution is 7.73. The van der Waals surface area contributed by atoms with Crippen LogP contribution in [0.1, 0.15) is 11.1 Å². The molecule has 0 saturated heterocycles. The Labute approximate surface area is 199 Å². The molecule has 0 aliphatic carbocycles. The fourth-order valence-electron chi connectivity index (χ4n) is 3.91. The van der Waals surface area contributed by atoms with Crippen LogP contribution in [0, 0.1) is 3.95 Å². The van der Waals surface area contributed by atoms with Crippen molar-refractivity contribution >= 4 is 51.7 Å². The van der Waals surface area contributed by atoms with Crippen molar-refractivity contribution in [1.29, 1.82) is 0 Å². The summed E-state index contributed by atoms with van der Waals surface area (Å²) in [5.41, 5.74) is 1.23. The predicted octanol–water partition coefficient (Wildman–Crippen LogP) is 7.43. The van der Waals surface area contributed by atoms with E-state index in [1.54, 1.807) is 40.8 Å². The third-order valence-electron chi connectivity index (χ3n) is 5.34. The topological polar surface area (TPSA) is 26.4 Å². The average Bonchev–Trinajstić information content (AvgIpc) is 3.13. The number of alkyl halides is 3. The van der Waals surface area contributed by atoms with E-state index < -0.39 is 11.7 Å². The fourth-order valence-corrected chi connectivity index (χ4v) is 5.52. The Morgan fingerprint density at radius 2 is 1.73 bits per heavy atom. The number of hydrogen-bond donors (Lipinski definition) is 0. The van der Waals surface area contributed by atoms with Gasteiger partial charge in [-0.2, -0.15) is 13.2 Å². The van der Waals surface area contributed by atoms with E-state index in [1.807, 2.05) is 18.2 Å². The van der Waals surface area contributed by atoms with Crippen molar-refractivity contribution < 1.29 is 13.2 Å². The molecule has 0 unspecified atom stereocenters. The smallest absolute Gasteiger partial charge is 0.288 e. The molecular formula is C24H14ClF3N2OS2. The molecule has 0 spiro atoms. The Morgan fingerprint density at radius 3 is 2.48 bits per heavy atom. The second-order valence-electron chi connectivity index (χ2n) is 7.47. The maximum absolute atomic E-state index is 13.6. The predicted molar refractivity (Wildman–Crippen MR) is 129 cm³/mol. The first-order chi connectivity index (χ1) is 15.7. The third-order valence-corrected chi connectivity index (χ3v) is 6.99. The van der Waals surface area contributed by atoms with Crippen molar-refractivity contribution in [3.63, 3.8) is 0 Å². The largest absolute Gasteiger partial charge is 0.416 e. The molecule has 0 bridgehead atoms. The number of halogens is 4. The van der Waals surface area contributed by atoms with E-state index in [2.05, 4.69) is 0 Å². The van der Waals surface area contributed by atoms with E-state index in [1.165, 1.54) is 22.0 Å². The lowest BCUT2D eigenvalue weighted by Crippen LogP contribution is -2.24. The SMILES string of the molecule is O=c1c2ccccc2n2c(=S)sc(-c3cccc(Cl)c3)c2n1Cc1cccc(C(F)(F)F)c1. The Kier molecular flexibility index (Phi) is 5.39. The summed E-state index contributed by atoms with van der Waals surface area (Å²) < 4.78 is 43.6. The Morgan fingerprint density at radius 1 is 0.970 bits per heavy atom. The van der Waals surface area contributed by atoms with Gasteiger partial charge < -0.3 is 0 Å². The lowest BCUT2D eigenvalue weighted by atomic mass is 10.1. The molecule has 166 valence electrons. The Hall–Kier alpha value is -2.94. The summed E-state index contributed by atoms with van der Waals surface area (Å²) in [6.45, 7) is -0.0455. The number of benzene rings is 3. The number of rotatable bonds is 3. The van der Waals surface area contributed by atoms with Gasteiger partial charge in [0.1, 0.15) is 5.65 Å². The maximum atomic E-state index is 13.6. The van der Waals surface area contributed by atoms with Gasteiger partial charge in [-0.15, -0.1) is 11.3 Å². The van der Waals surface area contributed by atoms with Crippen LogP contribution in [0.5, 0.6) is 0 Å². The molecule has 0 fully saturated rings. The standard InChI is InChI=1S/C24H14ClF3N2OS2/c25-17-8-4-6-15(12-17)20-21-29(13-14-5-3-7-16(11-14)24(26,27)28)22(31)18-9-1-2-10-19(18)30(21)23(32)33-20/h1-12H,13H2. The van der Waals surface area contributed by atoms with Crippen LogP contribution in [0.3, 0.4) is 0 Å². The molecule has 0 aliphatic heterocycles. The van der Waals surface area contributed by atoms with Gasteiger partial charge in [-0.05, 0) is 59.7 Å². The van der Waals surface area contributed by atoms with Gasteiger partial charge >= 0.3 is 6.18 Å². The lowest BCUT2D eigenvalue weighted by molar-refractivity contribution is -0.137. The maximum Gasteiger partial charge on any atom is 0.416 e. The van der Waals surface area contributed by atoms with Crippen molar-refractivity contribution in [3.8, 4) is 10.4 Å². The number of thiazole rings is 1. The molecule has 0 N–H and O–H groups in total. The van der Waals surface area contributed by atoms with Gasteiger partial charge in [0.25, 0.3) is 5.56 Å². The van der Waals surface area contributed by atoms with Crippen LogP contribution in [-0.2, 0) is 12.7 Å². The highest BCUT2D eigenvalue weighted by Crippen LogP contribution is 2.35. The molecule has 5 aromatic rings. The number of hydrogen-bond acceptors (Lipinski definition) is 3. The molecule has 3 nitrogen and oxygen atoms in total. The molecule has 2 heterocycles. The monoisotopic (exact) mass is 502 g/mol. The summed E-state index contributed by atoms with van der Waals surface area (Å²) in [7, 11) is 0. The number of para-hydroxylation sites is 1. The van der Waals surface area contributed by atoms with Crippen LogP contribution in [-0.4, -0.2) is 8.97 Å². The second-order valence-corrected chi connectivity index (χ2v) is 9.55. The number of fused-ring (bicyclic) bond motifs is 3. The van der Waals surface area contributed by atoms with Crippen LogP contribution in [0.4, 0.5) is 13.2 Å². The van der Waals surface area contributed by atoms with E-state index in [9.17, 15) is 18.0 Å². The van der Waals surface area contributed by atoms with Crippen LogP contribution >= 0.6 is 35.2 Å². The normalized spacial score (nSPS) is 12.0. The van der Waals surface area contributed by atoms with Gasteiger partial charge in [-0.3, -0.25) is 13.8 Å². The molecule has 2 aromatic heterocycles. The minimum Gasteiger partial charge on any atom is -0.288 e. The molecular weight excluding hydrogens is 489 g/mol. The third kappa shape index (κ3) is 3.88. The van der Waals surface area contributed by atoms with Crippen molar-refractivity contribution in [3.05, 3.63) is 103 Å². The van der Waals surface area contributed by atoms with Crippen LogP contribution < -0.4 is 5.56 Å². The highest BCUT2D eigenvalue weighted by atomic mass is 35.5. The number of nitrogens with zero attached hydrogens (tertiary/aromatic N) is 2. The molecule has 0 aliphatic rings. The first-order valence-electron chi connectivity index (χ1n) is 9.83. The lowest BCUT2D eigenvalue weighted by Gasteiger charge is -2.15. The van der Waals surface area contributed by atoms with Gasteiger partial charge in [0.15, 0.2) is 3.95 Å². The van der Waals surface area contributed by atoms with Gasteiger partial charge in [-0.25, -0.2) is 0 Å². The van der Waals surface area contributed by atoms with E-state index >= 15 is 0 Å². The summed E-state index contributed by atoms with van der Waals surface area (Å²) in [5.74, 6) is 0. The first-order valence-corrected chi connectivity index (χ1v) is 11.4. The van der Waals surface area contributed by atoms with E-state index in [0.29, 0.717) is 31.1 Å². The molecule has 3 aromatic carbocycles. The fraction of sp³-hybridized carbons (Fsp3) is 0.0833. The van der Waals surface area contributed by atoms with Crippen molar-refractivity contribution in [1.82, 2.24) is 8.97 Å². The van der Waals surface area contributed by atoms with Gasteiger partial charge in [0.2, 0.25) is 0 Å². The number of aromatic nitrogens is 2. The molecule has 9 heteroatoms. The molecule has 0 atom stereocenters. The van der Waals surface area contributed by atoms with E-state index in [4.69, 9.17) is 23.8 Å². The zero-order chi connectivity index (χ0) is 23.3. The summed E-state index contributed by atoms with van der Waals surface area (Å²) in [4.78, 5) is 14.3. The van der Waals surface area contributed by atoms with Gasteiger partial charge in [0.05, 0.1) is 27.9 Å². The summed E-state index contributed by atoms with van der Waals surface area (Å²) in [6.07, 6.45) is -4.48. The zero-order valence-corrected chi connectivity index (χ0v) is 19.2. The zero-order valence-electron chi connectivity index (χ0n) is 16.8. The minimum atomic E-state index is -4.48. The van der Waals surface area contributed by atoms with Gasteiger partial charge in [-0.1, -0.05) is 48.0 Å².